The fraction of sp³-hybridized carbons (Fsp3) is 0.625. The molecular weight excluding hydrogens is 419 g/mol. The van der Waals surface area contributed by atoms with Crippen LogP contribution in [-0.2, 0) is 11.3 Å². The number of nitrogens with one attached hydrogen (secondary N) is 2. The number of carbonyl (C=O) groups excluding carboxylic acids is 1. The summed E-state index contributed by atoms with van der Waals surface area (Å²) in [7, 11) is 3.49. The van der Waals surface area contributed by atoms with Crippen LogP contribution >= 0.6 is 24.0 Å². The van der Waals surface area contributed by atoms with Gasteiger partial charge in [-0.3, -0.25) is 9.79 Å². The molecule has 1 amide bonds. The SMILES string of the molecule is CN=C(NCc1ccnc(C)n1)N1CCC(CC(=O)NC)CC1.I. The number of likely N-dealkylation sites (tertiary alicyclic amines) is 1. The summed E-state index contributed by atoms with van der Waals surface area (Å²) in [5.74, 6) is 2.26. The molecule has 0 aliphatic carbocycles. The molecule has 24 heavy (non-hydrogen) atoms. The van der Waals surface area contributed by atoms with E-state index in [2.05, 4.69) is 30.5 Å². The van der Waals surface area contributed by atoms with E-state index in [9.17, 15) is 4.79 Å². The van der Waals surface area contributed by atoms with Crippen LogP contribution in [0.25, 0.3) is 0 Å². The molecule has 8 heteroatoms. The molecule has 1 saturated heterocycles. The number of halogens is 1. The van der Waals surface area contributed by atoms with Gasteiger partial charge in [0.15, 0.2) is 5.96 Å². The highest BCUT2D eigenvalue weighted by Gasteiger charge is 2.23. The Bertz CT molecular complexity index is 557. The maximum atomic E-state index is 11.5. The Morgan fingerprint density at radius 3 is 2.71 bits per heavy atom. The zero-order chi connectivity index (χ0) is 16.7. The van der Waals surface area contributed by atoms with Crippen molar-refractivity contribution in [2.45, 2.75) is 32.7 Å². The molecule has 0 unspecified atom stereocenters. The van der Waals surface area contributed by atoms with Crippen LogP contribution in [0.5, 0.6) is 0 Å². The number of guanidine groups is 1. The van der Waals surface area contributed by atoms with Gasteiger partial charge in [0.1, 0.15) is 5.82 Å². The Balaban J connectivity index is 0.00000288. The summed E-state index contributed by atoms with van der Waals surface area (Å²) < 4.78 is 0. The first-order valence-corrected chi connectivity index (χ1v) is 8.07. The molecular formula is C16H27IN6O. The number of aliphatic imine (C=N–C) groups is 1. The normalized spacial score (nSPS) is 15.6. The number of hydrogen-bond acceptors (Lipinski definition) is 4. The van der Waals surface area contributed by atoms with Gasteiger partial charge in [-0.2, -0.15) is 0 Å². The molecule has 0 radical (unpaired) electrons. The Labute approximate surface area is 160 Å². The highest BCUT2D eigenvalue weighted by molar-refractivity contribution is 14.0. The van der Waals surface area contributed by atoms with Crippen LogP contribution in [-0.4, -0.2) is 53.9 Å². The fourth-order valence-corrected chi connectivity index (χ4v) is 2.82. The predicted molar refractivity (Wildman–Crippen MR) is 105 cm³/mol. The summed E-state index contributed by atoms with van der Waals surface area (Å²) in [6.45, 7) is 4.36. The molecule has 134 valence electrons. The average Bonchev–Trinajstić information content (AvgIpc) is 2.56. The molecule has 2 N–H and O–H groups in total. The summed E-state index contributed by atoms with van der Waals surface area (Å²) >= 11 is 0. The lowest BCUT2D eigenvalue weighted by atomic mass is 9.93. The summed E-state index contributed by atoms with van der Waals surface area (Å²) in [4.78, 5) is 26.6. The maximum absolute atomic E-state index is 11.5. The van der Waals surface area contributed by atoms with Gasteiger partial charge < -0.3 is 15.5 Å². The quantitative estimate of drug-likeness (QED) is 0.414. The number of hydrogen-bond donors (Lipinski definition) is 2. The Morgan fingerprint density at radius 1 is 1.42 bits per heavy atom. The second-order valence-electron chi connectivity index (χ2n) is 5.80. The molecule has 1 aliphatic rings. The Morgan fingerprint density at radius 2 is 2.12 bits per heavy atom. The van der Waals surface area contributed by atoms with E-state index in [1.54, 1.807) is 20.3 Å². The van der Waals surface area contributed by atoms with Crippen molar-refractivity contribution < 1.29 is 4.79 Å². The Kier molecular flexibility index (Phi) is 8.94. The molecule has 1 aromatic heterocycles. The second-order valence-corrected chi connectivity index (χ2v) is 5.80. The molecule has 1 aromatic rings. The molecule has 0 atom stereocenters. The number of amides is 1. The summed E-state index contributed by atoms with van der Waals surface area (Å²) in [5.41, 5.74) is 0.952. The summed E-state index contributed by atoms with van der Waals surface area (Å²) in [6, 6.07) is 1.91. The van der Waals surface area contributed by atoms with E-state index in [1.807, 2.05) is 13.0 Å². The molecule has 0 saturated carbocycles. The van der Waals surface area contributed by atoms with Crippen LogP contribution in [0.15, 0.2) is 17.3 Å². The molecule has 0 aromatic carbocycles. The van der Waals surface area contributed by atoms with E-state index >= 15 is 0 Å². The van der Waals surface area contributed by atoms with E-state index in [-0.39, 0.29) is 29.9 Å². The van der Waals surface area contributed by atoms with Crippen molar-refractivity contribution in [2.75, 3.05) is 27.2 Å². The van der Waals surface area contributed by atoms with Crippen molar-refractivity contribution >= 4 is 35.8 Å². The minimum Gasteiger partial charge on any atom is -0.359 e. The van der Waals surface area contributed by atoms with Crippen LogP contribution < -0.4 is 10.6 Å². The van der Waals surface area contributed by atoms with Crippen molar-refractivity contribution in [3.8, 4) is 0 Å². The highest BCUT2D eigenvalue weighted by atomic mass is 127. The van der Waals surface area contributed by atoms with Gasteiger partial charge in [-0.05, 0) is 31.7 Å². The number of aromatic nitrogens is 2. The standard InChI is InChI=1S/C16H26N6O.HI/c1-12-19-7-4-14(21-12)11-20-16(18-3)22-8-5-13(6-9-22)10-15(23)17-2;/h4,7,13H,5-6,8-11H2,1-3H3,(H,17,23)(H,18,20);1H. The van der Waals surface area contributed by atoms with Crippen molar-refractivity contribution in [3.63, 3.8) is 0 Å². The number of rotatable bonds is 4. The van der Waals surface area contributed by atoms with Crippen LogP contribution in [0.2, 0.25) is 0 Å². The zero-order valence-electron chi connectivity index (χ0n) is 14.6. The lowest BCUT2D eigenvalue weighted by molar-refractivity contribution is -0.121. The van der Waals surface area contributed by atoms with Crippen molar-refractivity contribution in [1.82, 2.24) is 25.5 Å². The van der Waals surface area contributed by atoms with E-state index in [0.717, 1.165) is 43.4 Å². The number of carbonyl (C=O) groups is 1. The van der Waals surface area contributed by atoms with Gasteiger partial charge in [-0.25, -0.2) is 9.97 Å². The average molecular weight is 446 g/mol. The lowest BCUT2D eigenvalue weighted by Crippen LogP contribution is -2.45. The molecule has 2 heterocycles. The van der Waals surface area contributed by atoms with E-state index in [4.69, 9.17) is 0 Å². The van der Waals surface area contributed by atoms with Crippen molar-refractivity contribution in [3.05, 3.63) is 23.8 Å². The number of nitrogens with zero attached hydrogens (tertiary/aromatic N) is 4. The van der Waals surface area contributed by atoms with Crippen molar-refractivity contribution in [2.24, 2.45) is 10.9 Å². The monoisotopic (exact) mass is 446 g/mol. The maximum Gasteiger partial charge on any atom is 0.220 e. The fourth-order valence-electron chi connectivity index (χ4n) is 2.82. The summed E-state index contributed by atoms with van der Waals surface area (Å²) in [5, 5.41) is 6.06. The van der Waals surface area contributed by atoms with E-state index < -0.39 is 0 Å². The molecule has 0 bridgehead atoms. The minimum absolute atomic E-state index is 0. The van der Waals surface area contributed by atoms with Crippen LogP contribution in [0.1, 0.15) is 30.8 Å². The van der Waals surface area contributed by atoms with Gasteiger partial charge in [0.05, 0.1) is 12.2 Å². The third-order valence-electron chi connectivity index (χ3n) is 4.14. The van der Waals surface area contributed by atoms with E-state index in [0.29, 0.717) is 18.9 Å². The second kappa shape index (κ2) is 10.4. The van der Waals surface area contributed by atoms with Crippen LogP contribution in [0.3, 0.4) is 0 Å². The number of piperidine rings is 1. The number of aryl methyl sites for hydroxylation is 1. The van der Waals surface area contributed by atoms with Gasteiger partial charge >= 0.3 is 0 Å². The summed E-state index contributed by atoms with van der Waals surface area (Å²) in [6.07, 6.45) is 4.42. The third kappa shape index (κ3) is 6.21. The first kappa shape index (κ1) is 20.6. The smallest absolute Gasteiger partial charge is 0.220 e. The highest BCUT2D eigenvalue weighted by Crippen LogP contribution is 2.20. The lowest BCUT2D eigenvalue weighted by Gasteiger charge is -2.34. The predicted octanol–water partition coefficient (Wildman–Crippen LogP) is 1.33. The van der Waals surface area contributed by atoms with E-state index in [1.165, 1.54) is 0 Å². The van der Waals surface area contributed by atoms with Gasteiger partial charge in [0.25, 0.3) is 0 Å². The largest absolute Gasteiger partial charge is 0.359 e. The first-order valence-electron chi connectivity index (χ1n) is 8.07. The zero-order valence-corrected chi connectivity index (χ0v) is 16.9. The Hall–Kier alpha value is -1.45. The van der Waals surface area contributed by atoms with Gasteiger partial charge in [-0.1, -0.05) is 0 Å². The van der Waals surface area contributed by atoms with Crippen LogP contribution in [0.4, 0.5) is 0 Å². The molecule has 1 aliphatic heterocycles. The minimum atomic E-state index is 0. The molecule has 0 spiro atoms. The van der Waals surface area contributed by atoms with Gasteiger partial charge in [0.2, 0.25) is 5.91 Å². The molecule has 1 fully saturated rings. The van der Waals surface area contributed by atoms with Gasteiger partial charge in [0, 0.05) is 39.8 Å². The topological polar surface area (TPSA) is 82.5 Å². The van der Waals surface area contributed by atoms with Gasteiger partial charge in [-0.15, -0.1) is 24.0 Å². The molecule has 7 nitrogen and oxygen atoms in total. The molecule has 2 rings (SSSR count). The van der Waals surface area contributed by atoms with Crippen LogP contribution in [0, 0.1) is 12.8 Å². The third-order valence-corrected chi connectivity index (χ3v) is 4.14. The van der Waals surface area contributed by atoms with Crippen molar-refractivity contribution in [1.29, 1.82) is 0 Å². The first-order chi connectivity index (χ1) is 11.1.